The second-order valence-electron chi connectivity index (χ2n) is 5.35. The molecule has 1 aliphatic carbocycles. The Kier molecular flexibility index (Phi) is 4.71. The highest BCUT2D eigenvalue weighted by Crippen LogP contribution is 2.31. The van der Waals surface area contributed by atoms with Crippen LogP contribution in [0.2, 0.25) is 0 Å². The Labute approximate surface area is 118 Å². The Bertz CT molecular complexity index is 475. The number of aliphatic carboxylic acids is 1. The molecule has 0 saturated heterocycles. The van der Waals surface area contributed by atoms with Crippen LogP contribution in [0.25, 0.3) is 0 Å². The number of carbonyl (C=O) groups is 2. The van der Waals surface area contributed by atoms with Crippen LogP contribution < -0.4 is 5.32 Å². The molecule has 2 N–H and O–H groups in total. The van der Waals surface area contributed by atoms with Crippen LogP contribution in [0.3, 0.4) is 0 Å². The number of carboxylic acid groups (broad SMARTS) is 1. The summed E-state index contributed by atoms with van der Waals surface area (Å²) in [5.41, 5.74) is 0.969. The van der Waals surface area contributed by atoms with Crippen LogP contribution in [0.1, 0.15) is 44.2 Å². The number of carbonyl (C=O) groups excluding carboxylic acids is 1. The Hall–Kier alpha value is -1.91. The van der Waals surface area contributed by atoms with Gasteiger partial charge < -0.3 is 10.4 Å². The number of nitrogens with one attached hydrogen (secondary N) is 1. The third-order valence-electron chi connectivity index (χ3n) is 3.98. The molecule has 0 spiro atoms. The standard InChI is InChI=1S/C15H20N2O3/c1-10(11-6-8-16-9-7-11)17-14(18)12-4-2-3-5-13(12)15(19)20/h6-10,12-13H,2-5H2,1H3,(H,17,18)(H,19,20)/t10-,12-,13+/m0/s1. The summed E-state index contributed by atoms with van der Waals surface area (Å²) in [6, 6.07) is 3.56. The summed E-state index contributed by atoms with van der Waals surface area (Å²) in [6.07, 6.45) is 6.42. The van der Waals surface area contributed by atoms with Gasteiger partial charge in [0.1, 0.15) is 0 Å². The van der Waals surface area contributed by atoms with Gasteiger partial charge in [0, 0.05) is 12.4 Å². The third-order valence-corrected chi connectivity index (χ3v) is 3.98. The molecule has 1 aliphatic rings. The predicted octanol–water partition coefficient (Wildman–Crippen LogP) is 2.15. The molecular weight excluding hydrogens is 256 g/mol. The summed E-state index contributed by atoms with van der Waals surface area (Å²) >= 11 is 0. The maximum atomic E-state index is 12.3. The first-order valence-electron chi connectivity index (χ1n) is 7.02. The van der Waals surface area contributed by atoms with E-state index in [4.69, 9.17) is 0 Å². The lowest BCUT2D eigenvalue weighted by atomic mass is 9.78. The highest BCUT2D eigenvalue weighted by atomic mass is 16.4. The third kappa shape index (κ3) is 3.35. The van der Waals surface area contributed by atoms with Crippen LogP contribution in [-0.4, -0.2) is 22.0 Å². The van der Waals surface area contributed by atoms with E-state index in [-0.39, 0.29) is 11.9 Å². The van der Waals surface area contributed by atoms with Crippen LogP contribution in [0.15, 0.2) is 24.5 Å². The van der Waals surface area contributed by atoms with Gasteiger partial charge in [0.05, 0.1) is 17.9 Å². The van der Waals surface area contributed by atoms with E-state index in [2.05, 4.69) is 10.3 Å². The van der Waals surface area contributed by atoms with Crippen LogP contribution in [0, 0.1) is 11.8 Å². The Morgan fingerprint density at radius 1 is 1.25 bits per heavy atom. The van der Waals surface area contributed by atoms with E-state index in [9.17, 15) is 14.7 Å². The lowest BCUT2D eigenvalue weighted by Gasteiger charge is -2.28. The number of pyridine rings is 1. The zero-order valence-corrected chi connectivity index (χ0v) is 11.6. The van der Waals surface area contributed by atoms with Crippen LogP contribution >= 0.6 is 0 Å². The van der Waals surface area contributed by atoms with Crippen LogP contribution in [0.5, 0.6) is 0 Å². The lowest BCUT2D eigenvalue weighted by molar-refractivity contribution is -0.149. The molecule has 5 nitrogen and oxygen atoms in total. The molecule has 1 saturated carbocycles. The van der Waals surface area contributed by atoms with E-state index in [0.29, 0.717) is 12.8 Å². The van der Waals surface area contributed by atoms with Gasteiger partial charge in [0.25, 0.3) is 0 Å². The molecule has 0 bridgehead atoms. The number of aromatic nitrogens is 1. The second kappa shape index (κ2) is 6.50. The van der Waals surface area contributed by atoms with Gasteiger partial charge in [-0.05, 0) is 37.5 Å². The summed E-state index contributed by atoms with van der Waals surface area (Å²) in [5, 5.41) is 12.1. The van der Waals surface area contributed by atoms with Gasteiger partial charge in [-0.3, -0.25) is 14.6 Å². The lowest BCUT2D eigenvalue weighted by Crippen LogP contribution is -2.40. The van der Waals surface area contributed by atoms with Crippen molar-refractivity contribution in [2.24, 2.45) is 11.8 Å². The van der Waals surface area contributed by atoms with Crippen molar-refractivity contribution in [3.05, 3.63) is 30.1 Å². The zero-order chi connectivity index (χ0) is 14.5. The smallest absolute Gasteiger partial charge is 0.307 e. The first-order chi connectivity index (χ1) is 9.59. The quantitative estimate of drug-likeness (QED) is 0.883. The molecule has 0 radical (unpaired) electrons. The van der Waals surface area contributed by atoms with Crippen LogP contribution in [0.4, 0.5) is 0 Å². The fraction of sp³-hybridized carbons (Fsp3) is 0.533. The summed E-state index contributed by atoms with van der Waals surface area (Å²) in [4.78, 5) is 27.5. The number of amides is 1. The molecule has 1 fully saturated rings. The predicted molar refractivity (Wildman–Crippen MR) is 73.9 cm³/mol. The molecule has 1 amide bonds. The molecular formula is C15H20N2O3. The van der Waals surface area contributed by atoms with E-state index in [1.54, 1.807) is 12.4 Å². The van der Waals surface area contributed by atoms with E-state index >= 15 is 0 Å². The maximum absolute atomic E-state index is 12.3. The SMILES string of the molecule is C[C@H](NC(=O)[C@H]1CCCC[C@H]1C(=O)O)c1ccncc1. The molecule has 5 heteroatoms. The number of hydrogen-bond donors (Lipinski definition) is 2. The highest BCUT2D eigenvalue weighted by molar-refractivity contribution is 5.85. The van der Waals surface area contributed by atoms with Gasteiger partial charge >= 0.3 is 5.97 Å². The van der Waals surface area contributed by atoms with Crippen LogP contribution in [-0.2, 0) is 9.59 Å². The largest absolute Gasteiger partial charge is 0.481 e. The molecule has 2 rings (SSSR count). The molecule has 3 atom stereocenters. The summed E-state index contributed by atoms with van der Waals surface area (Å²) in [5.74, 6) is -1.97. The van der Waals surface area contributed by atoms with E-state index < -0.39 is 17.8 Å². The average Bonchev–Trinajstić information content (AvgIpc) is 2.48. The van der Waals surface area contributed by atoms with Gasteiger partial charge in [-0.1, -0.05) is 12.8 Å². The molecule has 1 heterocycles. The molecule has 20 heavy (non-hydrogen) atoms. The molecule has 1 aromatic heterocycles. The van der Waals surface area contributed by atoms with E-state index in [0.717, 1.165) is 18.4 Å². The van der Waals surface area contributed by atoms with E-state index in [1.807, 2.05) is 19.1 Å². The molecule has 0 aliphatic heterocycles. The first-order valence-corrected chi connectivity index (χ1v) is 7.02. The Morgan fingerprint density at radius 2 is 1.85 bits per heavy atom. The van der Waals surface area contributed by atoms with Gasteiger partial charge in [-0.25, -0.2) is 0 Å². The van der Waals surface area contributed by atoms with E-state index in [1.165, 1.54) is 0 Å². The number of rotatable bonds is 4. The average molecular weight is 276 g/mol. The number of hydrogen-bond acceptors (Lipinski definition) is 3. The zero-order valence-electron chi connectivity index (χ0n) is 11.6. The number of carboxylic acids is 1. The molecule has 108 valence electrons. The molecule has 0 aromatic carbocycles. The summed E-state index contributed by atoms with van der Waals surface area (Å²) in [6.45, 7) is 1.89. The minimum absolute atomic E-state index is 0.137. The normalized spacial score (nSPS) is 23.9. The Balaban J connectivity index is 2.01. The number of nitrogens with zero attached hydrogens (tertiary/aromatic N) is 1. The van der Waals surface area contributed by atoms with Crippen molar-refractivity contribution in [2.75, 3.05) is 0 Å². The monoisotopic (exact) mass is 276 g/mol. The van der Waals surface area contributed by atoms with Crippen molar-refractivity contribution in [3.63, 3.8) is 0 Å². The van der Waals surface area contributed by atoms with Gasteiger partial charge in [0.15, 0.2) is 0 Å². The maximum Gasteiger partial charge on any atom is 0.307 e. The van der Waals surface area contributed by atoms with Crippen molar-refractivity contribution >= 4 is 11.9 Å². The molecule has 0 unspecified atom stereocenters. The molecule has 1 aromatic rings. The topological polar surface area (TPSA) is 79.3 Å². The van der Waals surface area contributed by atoms with Gasteiger partial charge in [-0.15, -0.1) is 0 Å². The fourth-order valence-electron chi connectivity index (χ4n) is 2.80. The Morgan fingerprint density at radius 3 is 2.45 bits per heavy atom. The minimum atomic E-state index is -0.860. The van der Waals surface area contributed by atoms with Crippen molar-refractivity contribution in [2.45, 2.75) is 38.6 Å². The van der Waals surface area contributed by atoms with Crippen molar-refractivity contribution < 1.29 is 14.7 Å². The first kappa shape index (κ1) is 14.5. The highest BCUT2D eigenvalue weighted by Gasteiger charge is 2.36. The minimum Gasteiger partial charge on any atom is -0.481 e. The fourth-order valence-corrected chi connectivity index (χ4v) is 2.80. The van der Waals surface area contributed by atoms with Crippen molar-refractivity contribution in [1.29, 1.82) is 0 Å². The summed E-state index contributed by atoms with van der Waals surface area (Å²) < 4.78 is 0. The van der Waals surface area contributed by atoms with Crippen molar-refractivity contribution in [1.82, 2.24) is 10.3 Å². The summed E-state index contributed by atoms with van der Waals surface area (Å²) in [7, 11) is 0. The van der Waals surface area contributed by atoms with Gasteiger partial charge in [0.2, 0.25) is 5.91 Å². The van der Waals surface area contributed by atoms with Crippen molar-refractivity contribution in [3.8, 4) is 0 Å². The second-order valence-corrected chi connectivity index (χ2v) is 5.35. The van der Waals surface area contributed by atoms with Gasteiger partial charge in [-0.2, -0.15) is 0 Å².